The summed E-state index contributed by atoms with van der Waals surface area (Å²) in [6.07, 6.45) is 8.70. The Bertz CT molecular complexity index is 1030. The average molecular weight is 420 g/mol. The highest BCUT2D eigenvalue weighted by atomic mass is 32.1. The number of thiocarbonyl (C=S) groups is 1. The van der Waals surface area contributed by atoms with Crippen molar-refractivity contribution in [3.05, 3.63) is 65.4 Å². The second-order valence-electron chi connectivity index (χ2n) is 8.61. The Morgan fingerprint density at radius 3 is 2.57 bits per heavy atom. The molecule has 1 aromatic heterocycles. The summed E-state index contributed by atoms with van der Waals surface area (Å²) in [6, 6.07) is 15.7. The maximum Gasteiger partial charge on any atom is 0.173 e. The molecule has 1 saturated carbocycles. The lowest BCUT2D eigenvalue weighted by Crippen LogP contribution is -2.43. The number of hydrogen-bond acceptors (Lipinski definition) is 1. The van der Waals surface area contributed by atoms with Crippen molar-refractivity contribution in [2.75, 3.05) is 5.32 Å². The fourth-order valence-corrected chi connectivity index (χ4v) is 5.00. The van der Waals surface area contributed by atoms with Crippen LogP contribution in [-0.4, -0.2) is 20.6 Å². The van der Waals surface area contributed by atoms with Crippen LogP contribution in [0, 0.1) is 13.8 Å². The van der Waals surface area contributed by atoms with E-state index in [1.807, 2.05) is 0 Å². The highest BCUT2D eigenvalue weighted by Crippen LogP contribution is 2.28. The van der Waals surface area contributed by atoms with Crippen molar-refractivity contribution in [2.24, 2.45) is 0 Å². The standard InChI is InChI=1S/C26H33N3S/c1-4-28-17-21(24-12-8-9-13-25(24)28)18-29(23-10-6-5-7-11-23)26(30)27-22-15-14-19(2)20(3)16-22/h8-9,12-17,23H,4-7,10-11,18H2,1-3H3,(H,27,30). The van der Waals surface area contributed by atoms with Crippen molar-refractivity contribution in [3.63, 3.8) is 0 Å². The molecule has 0 unspecified atom stereocenters. The van der Waals surface area contributed by atoms with Crippen LogP contribution in [0.25, 0.3) is 10.9 Å². The van der Waals surface area contributed by atoms with Crippen LogP contribution in [0.5, 0.6) is 0 Å². The molecule has 1 aliphatic carbocycles. The molecule has 1 heterocycles. The molecule has 0 radical (unpaired) electrons. The minimum absolute atomic E-state index is 0.508. The van der Waals surface area contributed by atoms with Gasteiger partial charge in [0.05, 0.1) is 0 Å². The van der Waals surface area contributed by atoms with Crippen LogP contribution in [0.15, 0.2) is 48.7 Å². The zero-order valence-electron chi connectivity index (χ0n) is 18.4. The van der Waals surface area contributed by atoms with Crippen molar-refractivity contribution >= 4 is 33.9 Å². The fraction of sp³-hybridized carbons (Fsp3) is 0.423. The monoisotopic (exact) mass is 419 g/mol. The summed E-state index contributed by atoms with van der Waals surface area (Å²) in [7, 11) is 0. The molecule has 0 saturated heterocycles. The number of fused-ring (bicyclic) bond motifs is 1. The third kappa shape index (κ3) is 4.39. The second-order valence-corrected chi connectivity index (χ2v) is 8.99. The van der Waals surface area contributed by atoms with Crippen molar-refractivity contribution in [1.29, 1.82) is 0 Å². The van der Waals surface area contributed by atoms with Gasteiger partial charge in [-0.25, -0.2) is 0 Å². The molecule has 158 valence electrons. The predicted octanol–water partition coefficient (Wildman–Crippen LogP) is 6.81. The Hall–Kier alpha value is -2.33. The number of nitrogens with zero attached hydrogens (tertiary/aromatic N) is 2. The van der Waals surface area contributed by atoms with Crippen LogP contribution in [0.4, 0.5) is 5.69 Å². The third-order valence-electron chi connectivity index (χ3n) is 6.59. The maximum atomic E-state index is 5.98. The van der Waals surface area contributed by atoms with Crippen molar-refractivity contribution in [3.8, 4) is 0 Å². The zero-order chi connectivity index (χ0) is 21.1. The Balaban J connectivity index is 1.63. The number of anilines is 1. The second kappa shape index (κ2) is 9.22. The normalized spacial score (nSPS) is 14.8. The van der Waals surface area contributed by atoms with Crippen LogP contribution in [0.1, 0.15) is 55.7 Å². The Morgan fingerprint density at radius 2 is 1.83 bits per heavy atom. The van der Waals surface area contributed by atoms with Crippen molar-refractivity contribution in [1.82, 2.24) is 9.47 Å². The number of aryl methyl sites for hydroxylation is 3. The lowest BCUT2D eigenvalue weighted by molar-refractivity contribution is 0.241. The highest BCUT2D eigenvalue weighted by molar-refractivity contribution is 7.80. The van der Waals surface area contributed by atoms with Gasteiger partial charge in [0.25, 0.3) is 0 Å². The van der Waals surface area contributed by atoms with Gasteiger partial charge in [0, 0.05) is 41.9 Å². The topological polar surface area (TPSA) is 20.2 Å². The van der Waals surface area contributed by atoms with Gasteiger partial charge in [-0.3, -0.25) is 0 Å². The Morgan fingerprint density at radius 1 is 1.07 bits per heavy atom. The molecule has 0 amide bonds. The summed E-state index contributed by atoms with van der Waals surface area (Å²) in [6.45, 7) is 8.35. The smallest absolute Gasteiger partial charge is 0.173 e. The van der Waals surface area contributed by atoms with E-state index in [-0.39, 0.29) is 0 Å². The molecule has 0 spiro atoms. The summed E-state index contributed by atoms with van der Waals surface area (Å²) in [5, 5.41) is 5.73. The first kappa shape index (κ1) is 20.9. The van der Waals surface area contributed by atoms with Crippen LogP contribution in [0.3, 0.4) is 0 Å². The quantitative estimate of drug-likeness (QED) is 0.459. The van der Waals surface area contributed by atoms with Gasteiger partial charge in [-0.05, 0) is 80.7 Å². The van der Waals surface area contributed by atoms with E-state index < -0.39 is 0 Å². The predicted molar refractivity (Wildman–Crippen MR) is 132 cm³/mol. The van der Waals surface area contributed by atoms with Gasteiger partial charge in [-0.15, -0.1) is 0 Å². The molecular formula is C26H33N3S. The minimum atomic E-state index is 0.508. The molecule has 0 atom stereocenters. The van der Waals surface area contributed by atoms with Crippen LogP contribution in [0.2, 0.25) is 0 Å². The molecule has 30 heavy (non-hydrogen) atoms. The molecule has 4 heteroatoms. The molecule has 1 N–H and O–H groups in total. The molecule has 0 bridgehead atoms. The average Bonchev–Trinajstić information content (AvgIpc) is 3.13. The van der Waals surface area contributed by atoms with Gasteiger partial charge >= 0.3 is 0 Å². The van der Waals surface area contributed by atoms with E-state index in [0.29, 0.717) is 6.04 Å². The Kier molecular flexibility index (Phi) is 6.43. The first-order valence-corrected chi connectivity index (χ1v) is 11.7. The lowest BCUT2D eigenvalue weighted by atomic mass is 9.94. The molecule has 1 aliphatic rings. The van der Waals surface area contributed by atoms with Crippen LogP contribution in [-0.2, 0) is 13.1 Å². The summed E-state index contributed by atoms with van der Waals surface area (Å²) >= 11 is 5.98. The van der Waals surface area contributed by atoms with E-state index in [2.05, 4.69) is 84.2 Å². The number of nitrogens with one attached hydrogen (secondary N) is 1. The van der Waals surface area contributed by atoms with Gasteiger partial charge in [0.15, 0.2) is 5.11 Å². The molecule has 1 fully saturated rings. The van der Waals surface area contributed by atoms with Gasteiger partial charge in [-0.1, -0.05) is 43.5 Å². The van der Waals surface area contributed by atoms with E-state index in [1.165, 1.54) is 59.7 Å². The van der Waals surface area contributed by atoms with E-state index in [0.717, 1.165) is 23.9 Å². The van der Waals surface area contributed by atoms with E-state index >= 15 is 0 Å². The SMILES string of the molecule is CCn1cc(CN(C(=S)Nc2ccc(C)c(C)c2)C2CCCCC2)c2ccccc21. The first-order valence-electron chi connectivity index (χ1n) is 11.3. The summed E-state index contributed by atoms with van der Waals surface area (Å²) in [4.78, 5) is 2.45. The van der Waals surface area contributed by atoms with Gasteiger partial charge in [-0.2, -0.15) is 0 Å². The largest absolute Gasteiger partial charge is 0.347 e. The number of aromatic nitrogens is 1. The van der Waals surface area contributed by atoms with Crippen molar-refractivity contribution < 1.29 is 0 Å². The Labute approximate surface area is 186 Å². The summed E-state index contributed by atoms with van der Waals surface area (Å²) in [5.74, 6) is 0. The highest BCUT2D eigenvalue weighted by Gasteiger charge is 2.25. The molecule has 3 nitrogen and oxygen atoms in total. The molecule has 0 aliphatic heterocycles. The van der Waals surface area contributed by atoms with Gasteiger partial charge in [0.2, 0.25) is 0 Å². The van der Waals surface area contributed by atoms with Gasteiger partial charge in [0.1, 0.15) is 0 Å². The van der Waals surface area contributed by atoms with E-state index in [1.54, 1.807) is 0 Å². The van der Waals surface area contributed by atoms with Crippen LogP contribution >= 0.6 is 12.2 Å². The summed E-state index contributed by atoms with van der Waals surface area (Å²) < 4.78 is 2.35. The summed E-state index contributed by atoms with van der Waals surface area (Å²) in [5.41, 5.74) is 6.36. The number of hydrogen-bond donors (Lipinski definition) is 1. The molecular weight excluding hydrogens is 386 g/mol. The van der Waals surface area contributed by atoms with E-state index in [4.69, 9.17) is 12.2 Å². The van der Waals surface area contributed by atoms with E-state index in [9.17, 15) is 0 Å². The number of para-hydroxylation sites is 1. The maximum absolute atomic E-state index is 5.98. The lowest BCUT2D eigenvalue weighted by Gasteiger charge is -2.36. The first-order chi connectivity index (χ1) is 14.6. The minimum Gasteiger partial charge on any atom is -0.347 e. The van der Waals surface area contributed by atoms with Crippen LogP contribution < -0.4 is 5.32 Å². The molecule has 4 rings (SSSR count). The molecule has 2 aromatic carbocycles. The number of benzene rings is 2. The zero-order valence-corrected chi connectivity index (χ0v) is 19.3. The fourth-order valence-electron chi connectivity index (χ4n) is 4.67. The van der Waals surface area contributed by atoms with Gasteiger partial charge < -0.3 is 14.8 Å². The third-order valence-corrected chi connectivity index (χ3v) is 6.92. The number of rotatable bonds is 5. The molecule has 3 aromatic rings. The van der Waals surface area contributed by atoms with Crippen molar-refractivity contribution in [2.45, 2.75) is 72.0 Å².